The van der Waals surface area contributed by atoms with E-state index in [9.17, 15) is 9.90 Å². The number of aromatic nitrogens is 4. The Morgan fingerprint density at radius 1 is 1.09 bits per heavy atom. The van der Waals surface area contributed by atoms with E-state index in [1.807, 2.05) is 59.5 Å². The van der Waals surface area contributed by atoms with E-state index in [0.717, 1.165) is 35.3 Å². The van der Waals surface area contributed by atoms with E-state index in [1.165, 1.54) is 18.4 Å². The molecule has 5 aromatic rings. The zero-order valence-corrected chi connectivity index (χ0v) is 23.4. The molecule has 2 aliphatic heterocycles. The van der Waals surface area contributed by atoms with Crippen LogP contribution in [0.4, 0.5) is 5.69 Å². The van der Waals surface area contributed by atoms with Gasteiger partial charge in [0, 0.05) is 42.0 Å². The number of likely N-dealkylation sites (tertiary alicyclic amines) is 1. The summed E-state index contributed by atoms with van der Waals surface area (Å²) >= 11 is 0. The number of fused-ring (bicyclic) bond motifs is 2. The first-order chi connectivity index (χ1) is 21.1. The summed E-state index contributed by atoms with van der Waals surface area (Å²) in [6.07, 6.45) is 7.91. The summed E-state index contributed by atoms with van der Waals surface area (Å²) in [5.74, 6) is 1.02. The maximum atomic E-state index is 13.7. The molecular formula is C33H29N7O3. The first kappa shape index (κ1) is 25.6. The highest BCUT2D eigenvalue weighted by Gasteiger charge is 2.31. The highest BCUT2D eigenvalue weighted by atomic mass is 16.5. The lowest BCUT2D eigenvalue weighted by Gasteiger charge is -2.37. The number of nitrogens with zero attached hydrogens (tertiary/aromatic N) is 6. The fourth-order valence-electron chi connectivity index (χ4n) is 6.23. The van der Waals surface area contributed by atoms with Crippen LogP contribution in [0.15, 0.2) is 67.1 Å². The quantitative estimate of drug-likeness (QED) is 0.272. The largest absolute Gasteiger partial charge is 0.505 e. The number of hydrogen-bond donors (Lipinski definition) is 2. The van der Waals surface area contributed by atoms with E-state index in [0.29, 0.717) is 53.8 Å². The minimum Gasteiger partial charge on any atom is -0.505 e. The van der Waals surface area contributed by atoms with Gasteiger partial charge in [-0.25, -0.2) is 4.98 Å². The molecule has 1 aliphatic carbocycles. The Hall–Kier alpha value is -5.14. The van der Waals surface area contributed by atoms with E-state index < -0.39 is 0 Å². The predicted octanol–water partition coefficient (Wildman–Crippen LogP) is 5.10. The molecule has 3 aromatic heterocycles. The van der Waals surface area contributed by atoms with Crippen LogP contribution in [-0.2, 0) is 0 Å². The third kappa shape index (κ3) is 4.40. The standard InChI is InChI=1S/C33H29N7O3/c34-9-11-38-18-23(19-38)40-17-22(16-36-40)28-15-27-24(8-10-35-32(27)37-28)25-2-1-3-29(31(25)41)39-12-13-43-30-14-21(20-4-5-20)6-7-26(30)33(39)42/h1-3,6-8,10,14-17,20,23,41H,4-5,11-13,18-19H2,(H,35,37). The van der Waals surface area contributed by atoms with Gasteiger partial charge in [0.15, 0.2) is 0 Å². The molecule has 2 aromatic carbocycles. The molecule has 5 heterocycles. The van der Waals surface area contributed by atoms with Crippen molar-refractivity contribution in [2.45, 2.75) is 24.8 Å². The molecule has 0 spiro atoms. The highest BCUT2D eigenvalue weighted by molar-refractivity contribution is 6.10. The summed E-state index contributed by atoms with van der Waals surface area (Å²) in [5.41, 5.74) is 6.07. The normalized spacial score (nSPS) is 17.3. The molecule has 1 amide bonds. The Labute approximate surface area is 247 Å². The van der Waals surface area contributed by atoms with Gasteiger partial charge in [-0.05, 0) is 60.2 Å². The number of hydrogen-bond acceptors (Lipinski definition) is 7. The SMILES string of the molecule is N#CCN1CC(n2cc(-c3cc4c(-c5cccc(N6CCOc7cc(C8CC8)ccc7C6=O)c5O)ccnc4[nH]3)cn2)C1. The van der Waals surface area contributed by atoms with Crippen molar-refractivity contribution < 1.29 is 14.6 Å². The van der Waals surface area contributed by atoms with Gasteiger partial charge >= 0.3 is 0 Å². The van der Waals surface area contributed by atoms with Crippen LogP contribution in [-0.4, -0.2) is 68.4 Å². The third-order valence-electron chi connectivity index (χ3n) is 8.75. The number of carbonyl (C=O) groups is 1. The van der Waals surface area contributed by atoms with Crippen LogP contribution in [0.25, 0.3) is 33.4 Å². The number of nitrogens with one attached hydrogen (secondary N) is 1. The van der Waals surface area contributed by atoms with Crippen LogP contribution in [0.1, 0.15) is 40.7 Å². The molecule has 0 unspecified atom stereocenters. The van der Waals surface area contributed by atoms with Crippen LogP contribution in [0.3, 0.4) is 0 Å². The number of amides is 1. The summed E-state index contributed by atoms with van der Waals surface area (Å²) in [6, 6.07) is 17.7. The van der Waals surface area contributed by atoms with Gasteiger partial charge in [-0.15, -0.1) is 0 Å². The van der Waals surface area contributed by atoms with E-state index >= 15 is 0 Å². The summed E-state index contributed by atoms with van der Waals surface area (Å²) < 4.78 is 7.96. The zero-order valence-electron chi connectivity index (χ0n) is 23.4. The molecule has 2 fully saturated rings. The molecule has 1 saturated heterocycles. The minimum absolute atomic E-state index is 0.0314. The Morgan fingerprint density at radius 3 is 2.81 bits per heavy atom. The lowest BCUT2D eigenvalue weighted by molar-refractivity contribution is 0.0989. The number of ether oxygens (including phenoxy) is 1. The lowest BCUT2D eigenvalue weighted by Crippen LogP contribution is -2.47. The number of H-pyrrole nitrogens is 1. The molecule has 1 saturated carbocycles. The summed E-state index contributed by atoms with van der Waals surface area (Å²) in [4.78, 5) is 25.4. The van der Waals surface area contributed by atoms with Crippen molar-refractivity contribution in [1.82, 2.24) is 24.6 Å². The van der Waals surface area contributed by atoms with E-state index in [-0.39, 0.29) is 17.7 Å². The second kappa shape index (κ2) is 10.00. The summed E-state index contributed by atoms with van der Waals surface area (Å²) in [5, 5.41) is 25.9. The van der Waals surface area contributed by atoms with Crippen LogP contribution in [0.5, 0.6) is 11.5 Å². The van der Waals surface area contributed by atoms with Crippen molar-refractivity contribution in [3.05, 3.63) is 78.2 Å². The van der Waals surface area contributed by atoms with Gasteiger partial charge < -0.3 is 19.7 Å². The first-order valence-corrected chi connectivity index (χ1v) is 14.6. The second-order valence-electron chi connectivity index (χ2n) is 11.5. The smallest absolute Gasteiger partial charge is 0.262 e. The van der Waals surface area contributed by atoms with Crippen molar-refractivity contribution in [3.8, 4) is 40.0 Å². The maximum Gasteiger partial charge on any atom is 0.262 e. The molecule has 214 valence electrons. The Bertz CT molecular complexity index is 1930. The van der Waals surface area contributed by atoms with E-state index in [2.05, 4.69) is 26.0 Å². The van der Waals surface area contributed by atoms with Gasteiger partial charge in [-0.3, -0.25) is 14.4 Å². The van der Waals surface area contributed by atoms with Crippen LogP contribution in [0.2, 0.25) is 0 Å². The number of rotatable bonds is 6. The molecule has 43 heavy (non-hydrogen) atoms. The molecule has 3 aliphatic rings. The Balaban J connectivity index is 1.11. The van der Waals surface area contributed by atoms with Gasteiger partial charge in [-0.2, -0.15) is 10.4 Å². The molecule has 0 bridgehead atoms. The predicted molar refractivity (Wildman–Crippen MR) is 161 cm³/mol. The number of carbonyl (C=O) groups excluding carboxylic acids is 1. The molecule has 10 heteroatoms. The highest BCUT2D eigenvalue weighted by Crippen LogP contribution is 2.44. The summed E-state index contributed by atoms with van der Waals surface area (Å²) in [7, 11) is 0. The van der Waals surface area contributed by atoms with Crippen molar-refractivity contribution in [3.63, 3.8) is 0 Å². The molecular weight excluding hydrogens is 542 g/mol. The number of aromatic amines is 1. The first-order valence-electron chi connectivity index (χ1n) is 14.6. The van der Waals surface area contributed by atoms with E-state index in [4.69, 9.17) is 10.00 Å². The molecule has 0 atom stereocenters. The molecule has 8 rings (SSSR count). The number of anilines is 1. The monoisotopic (exact) mass is 571 g/mol. The van der Waals surface area contributed by atoms with Crippen molar-refractivity contribution in [2.75, 3.05) is 37.7 Å². The third-order valence-corrected chi connectivity index (χ3v) is 8.75. The van der Waals surface area contributed by atoms with Gasteiger partial charge in [0.25, 0.3) is 5.91 Å². The molecule has 10 nitrogen and oxygen atoms in total. The van der Waals surface area contributed by atoms with Gasteiger partial charge in [0.05, 0.1) is 48.3 Å². The fraction of sp³-hybridized carbons (Fsp3) is 0.273. The number of phenols is 1. The number of aromatic hydroxyl groups is 1. The number of phenolic OH excluding ortho intramolecular Hbond substituents is 1. The van der Waals surface area contributed by atoms with Crippen molar-refractivity contribution >= 4 is 22.6 Å². The number of nitriles is 1. The second-order valence-corrected chi connectivity index (χ2v) is 11.5. The van der Waals surface area contributed by atoms with Crippen LogP contribution >= 0.6 is 0 Å². The van der Waals surface area contributed by atoms with Gasteiger partial charge in [-0.1, -0.05) is 18.2 Å². The Kier molecular flexibility index (Phi) is 5.94. The van der Waals surface area contributed by atoms with Crippen molar-refractivity contribution in [2.24, 2.45) is 0 Å². The minimum atomic E-state index is -0.190. The number of pyridine rings is 1. The van der Waals surface area contributed by atoms with Gasteiger partial charge in [0.2, 0.25) is 0 Å². The van der Waals surface area contributed by atoms with Crippen LogP contribution < -0.4 is 9.64 Å². The zero-order chi connectivity index (χ0) is 29.1. The molecule has 2 N–H and O–H groups in total. The molecule has 0 radical (unpaired) electrons. The number of para-hydroxylation sites is 1. The van der Waals surface area contributed by atoms with Gasteiger partial charge in [0.1, 0.15) is 23.8 Å². The van der Waals surface area contributed by atoms with Crippen molar-refractivity contribution in [1.29, 1.82) is 5.26 Å². The average Bonchev–Trinajstić information content (AvgIpc) is 3.62. The summed E-state index contributed by atoms with van der Waals surface area (Å²) in [6.45, 7) is 2.71. The fourth-order valence-corrected chi connectivity index (χ4v) is 6.23. The van der Waals surface area contributed by atoms with E-state index in [1.54, 1.807) is 17.2 Å². The maximum absolute atomic E-state index is 13.7. The van der Waals surface area contributed by atoms with Crippen LogP contribution in [0, 0.1) is 11.3 Å². The number of benzene rings is 2. The average molecular weight is 572 g/mol. The lowest BCUT2D eigenvalue weighted by atomic mass is 10.0. The Morgan fingerprint density at radius 2 is 1.98 bits per heavy atom. The topological polar surface area (TPSA) is 123 Å².